The molecule has 1 rings (SSSR count). The van der Waals surface area contributed by atoms with Crippen LogP contribution < -0.4 is 10.5 Å². The molecular formula is C12H20BN3O2. The standard InChI is InChI=1S/C12H20BN3O2/c1-13(18)15-9-4-2-3-7-12(17)16-11-6-5-8-14-10-11/h5-6,8,10,15,18H,2-4,7,9H2,1H3,(H,16,17). The van der Waals surface area contributed by atoms with Crippen LogP contribution in [0.2, 0.25) is 6.82 Å². The zero-order chi connectivity index (χ0) is 13.2. The van der Waals surface area contributed by atoms with Crippen molar-refractivity contribution in [1.82, 2.24) is 10.2 Å². The summed E-state index contributed by atoms with van der Waals surface area (Å²) in [6, 6.07) is 3.61. The van der Waals surface area contributed by atoms with Gasteiger partial charge in [0.15, 0.2) is 0 Å². The Bertz CT molecular complexity index is 346. The van der Waals surface area contributed by atoms with Crippen LogP contribution in [0, 0.1) is 0 Å². The van der Waals surface area contributed by atoms with Crippen LogP contribution in [0.25, 0.3) is 0 Å². The van der Waals surface area contributed by atoms with E-state index in [4.69, 9.17) is 5.02 Å². The molecule has 0 unspecified atom stereocenters. The highest BCUT2D eigenvalue weighted by molar-refractivity contribution is 6.45. The Morgan fingerprint density at radius 1 is 1.44 bits per heavy atom. The van der Waals surface area contributed by atoms with E-state index in [1.54, 1.807) is 25.3 Å². The van der Waals surface area contributed by atoms with E-state index in [0.29, 0.717) is 6.42 Å². The van der Waals surface area contributed by atoms with Crippen LogP contribution in [0.5, 0.6) is 0 Å². The van der Waals surface area contributed by atoms with Gasteiger partial charge in [-0.2, -0.15) is 0 Å². The molecule has 0 atom stereocenters. The summed E-state index contributed by atoms with van der Waals surface area (Å²) in [7, 11) is -0.459. The topological polar surface area (TPSA) is 74.2 Å². The van der Waals surface area contributed by atoms with Gasteiger partial charge in [-0.05, 0) is 38.3 Å². The number of nitrogens with zero attached hydrogens (tertiary/aromatic N) is 1. The number of nitrogens with one attached hydrogen (secondary N) is 2. The molecule has 6 heteroatoms. The van der Waals surface area contributed by atoms with E-state index in [1.807, 2.05) is 6.07 Å². The van der Waals surface area contributed by atoms with Gasteiger partial charge in [0.25, 0.3) is 0 Å². The SMILES string of the molecule is CB(O)NCCCCCC(=O)Nc1cccnc1. The smallest absolute Gasteiger partial charge is 0.373 e. The Labute approximate surface area is 108 Å². The third-order valence-corrected chi connectivity index (χ3v) is 2.47. The first-order valence-corrected chi connectivity index (χ1v) is 6.30. The molecule has 0 saturated carbocycles. The van der Waals surface area contributed by atoms with Gasteiger partial charge < -0.3 is 15.6 Å². The first kappa shape index (κ1) is 14.7. The van der Waals surface area contributed by atoms with Gasteiger partial charge in [-0.15, -0.1) is 0 Å². The lowest BCUT2D eigenvalue weighted by molar-refractivity contribution is -0.116. The molecule has 0 aliphatic rings. The molecular weight excluding hydrogens is 229 g/mol. The molecule has 0 spiro atoms. The minimum Gasteiger partial charge on any atom is -0.437 e. The molecule has 0 bridgehead atoms. The Hall–Kier alpha value is -1.40. The zero-order valence-electron chi connectivity index (χ0n) is 10.7. The van der Waals surface area contributed by atoms with Crippen LogP contribution in [-0.2, 0) is 4.79 Å². The van der Waals surface area contributed by atoms with Crippen LogP contribution in [0.3, 0.4) is 0 Å². The molecule has 1 aromatic rings. The minimum absolute atomic E-state index is 0.0199. The average Bonchev–Trinajstić information content (AvgIpc) is 2.34. The number of unbranched alkanes of at least 4 members (excludes halogenated alkanes) is 2. The second kappa shape index (κ2) is 8.66. The van der Waals surface area contributed by atoms with Crippen molar-refractivity contribution in [3.63, 3.8) is 0 Å². The Morgan fingerprint density at radius 3 is 2.94 bits per heavy atom. The highest BCUT2D eigenvalue weighted by atomic mass is 16.2. The van der Waals surface area contributed by atoms with E-state index < -0.39 is 7.05 Å². The molecule has 1 heterocycles. The maximum absolute atomic E-state index is 11.6. The lowest BCUT2D eigenvalue weighted by Crippen LogP contribution is -2.31. The summed E-state index contributed by atoms with van der Waals surface area (Å²) in [4.78, 5) is 15.5. The Morgan fingerprint density at radius 2 is 2.28 bits per heavy atom. The van der Waals surface area contributed by atoms with Crippen LogP contribution in [0.15, 0.2) is 24.5 Å². The Balaban J connectivity index is 2.04. The highest BCUT2D eigenvalue weighted by Gasteiger charge is 2.03. The van der Waals surface area contributed by atoms with Crippen molar-refractivity contribution in [3.8, 4) is 0 Å². The summed E-state index contributed by atoms with van der Waals surface area (Å²) in [5.74, 6) is 0.0199. The number of aromatic nitrogens is 1. The number of carbonyl (C=O) groups is 1. The van der Waals surface area contributed by atoms with Crippen LogP contribution >= 0.6 is 0 Å². The van der Waals surface area contributed by atoms with Gasteiger partial charge in [0.2, 0.25) is 5.91 Å². The van der Waals surface area contributed by atoms with Crippen LogP contribution in [0.1, 0.15) is 25.7 Å². The molecule has 0 aliphatic carbocycles. The zero-order valence-corrected chi connectivity index (χ0v) is 10.7. The molecule has 0 aliphatic heterocycles. The van der Waals surface area contributed by atoms with E-state index in [0.717, 1.165) is 31.5 Å². The van der Waals surface area contributed by atoms with Gasteiger partial charge in [-0.3, -0.25) is 9.78 Å². The van der Waals surface area contributed by atoms with Crippen molar-refractivity contribution in [2.75, 3.05) is 11.9 Å². The predicted molar refractivity (Wildman–Crippen MR) is 73.2 cm³/mol. The second-order valence-corrected chi connectivity index (χ2v) is 4.23. The van der Waals surface area contributed by atoms with Gasteiger partial charge in [-0.1, -0.05) is 6.42 Å². The highest BCUT2D eigenvalue weighted by Crippen LogP contribution is 2.05. The molecule has 5 nitrogen and oxygen atoms in total. The summed E-state index contributed by atoms with van der Waals surface area (Å²) >= 11 is 0. The number of pyridine rings is 1. The predicted octanol–water partition coefficient (Wildman–Crippen LogP) is 1.28. The fourth-order valence-corrected chi connectivity index (χ4v) is 1.56. The Kier molecular flexibility index (Phi) is 7.06. The number of amides is 1. The van der Waals surface area contributed by atoms with E-state index in [-0.39, 0.29) is 5.91 Å². The molecule has 1 aromatic heterocycles. The third-order valence-electron chi connectivity index (χ3n) is 2.47. The number of hydrogen-bond acceptors (Lipinski definition) is 4. The van der Waals surface area contributed by atoms with Gasteiger partial charge in [0, 0.05) is 12.6 Å². The molecule has 0 saturated heterocycles. The van der Waals surface area contributed by atoms with Crippen molar-refractivity contribution in [2.45, 2.75) is 32.5 Å². The monoisotopic (exact) mass is 249 g/mol. The average molecular weight is 249 g/mol. The summed E-state index contributed by atoms with van der Waals surface area (Å²) in [5.41, 5.74) is 0.735. The maximum Gasteiger partial charge on any atom is 0.373 e. The van der Waals surface area contributed by atoms with Crippen molar-refractivity contribution in [2.24, 2.45) is 0 Å². The van der Waals surface area contributed by atoms with Gasteiger partial charge in [0.1, 0.15) is 0 Å². The first-order chi connectivity index (χ1) is 8.68. The van der Waals surface area contributed by atoms with Crippen molar-refractivity contribution < 1.29 is 9.82 Å². The summed E-state index contributed by atoms with van der Waals surface area (Å²) < 4.78 is 0. The number of carbonyl (C=O) groups excluding carboxylic acids is 1. The number of hydrogen-bond donors (Lipinski definition) is 3. The molecule has 98 valence electrons. The van der Waals surface area contributed by atoms with Crippen molar-refractivity contribution >= 4 is 18.6 Å². The molecule has 0 aromatic carbocycles. The van der Waals surface area contributed by atoms with E-state index in [9.17, 15) is 4.79 Å². The molecule has 0 fully saturated rings. The van der Waals surface area contributed by atoms with Crippen molar-refractivity contribution in [3.05, 3.63) is 24.5 Å². The van der Waals surface area contributed by atoms with Crippen LogP contribution in [0.4, 0.5) is 5.69 Å². The normalized spacial score (nSPS) is 10.1. The molecule has 3 N–H and O–H groups in total. The lowest BCUT2D eigenvalue weighted by Gasteiger charge is -2.05. The summed E-state index contributed by atoms with van der Waals surface area (Å²) in [6.45, 7) is 2.48. The summed E-state index contributed by atoms with van der Waals surface area (Å²) in [6.07, 6.45) is 6.61. The van der Waals surface area contributed by atoms with E-state index in [1.165, 1.54) is 0 Å². The largest absolute Gasteiger partial charge is 0.437 e. The fraction of sp³-hybridized carbons (Fsp3) is 0.500. The van der Waals surface area contributed by atoms with Crippen molar-refractivity contribution in [1.29, 1.82) is 0 Å². The van der Waals surface area contributed by atoms with Gasteiger partial charge in [0.05, 0.1) is 11.9 Å². The second-order valence-electron chi connectivity index (χ2n) is 4.23. The first-order valence-electron chi connectivity index (χ1n) is 6.30. The lowest BCUT2D eigenvalue weighted by atomic mass is 9.89. The molecule has 18 heavy (non-hydrogen) atoms. The van der Waals surface area contributed by atoms with Gasteiger partial charge in [-0.25, -0.2) is 0 Å². The molecule has 0 radical (unpaired) electrons. The van der Waals surface area contributed by atoms with Gasteiger partial charge >= 0.3 is 7.05 Å². The minimum atomic E-state index is -0.459. The third kappa shape index (κ3) is 7.03. The van der Waals surface area contributed by atoms with E-state index >= 15 is 0 Å². The summed E-state index contributed by atoms with van der Waals surface area (Å²) in [5, 5.41) is 14.7. The quantitative estimate of drug-likeness (QED) is 0.479. The number of anilines is 1. The van der Waals surface area contributed by atoms with E-state index in [2.05, 4.69) is 15.5 Å². The molecule has 1 amide bonds. The number of rotatable bonds is 8. The van der Waals surface area contributed by atoms with Crippen LogP contribution in [-0.4, -0.2) is 29.5 Å². The fourth-order valence-electron chi connectivity index (χ4n) is 1.56. The maximum atomic E-state index is 11.6.